The number of morpholine rings is 1. The first-order valence-corrected chi connectivity index (χ1v) is 9.47. The van der Waals surface area contributed by atoms with Gasteiger partial charge in [-0.15, -0.1) is 0 Å². The lowest BCUT2D eigenvalue weighted by molar-refractivity contribution is -0.133. The van der Waals surface area contributed by atoms with Crippen molar-refractivity contribution >= 4 is 5.91 Å². The molecular formula is C20H30N2O3. The molecule has 2 aliphatic rings. The van der Waals surface area contributed by atoms with Gasteiger partial charge in [0.05, 0.1) is 12.2 Å². The minimum atomic E-state index is 0.208. The molecule has 2 aliphatic heterocycles. The monoisotopic (exact) mass is 346 g/mol. The van der Waals surface area contributed by atoms with Gasteiger partial charge < -0.3 is 14.7 Å². The van der Waals surface area contributed by atoms with Crippen molar-refractivity contribution in [2.45, 2.75) is 57.8 Å². The van der Waals surface area contributed by atoms with Crippen LogP contribution in [0.5, 0.6) is 5.75 Å². The highest BCUT2D eigenvalue weighted by Gasteiger charge is 2.32. The summed E-state index contributed by atoms with van der Waals surface area (Å²) in [5.74, 6) is 0.490. The van der Waals surface area contributed by atoms with Gasteiger partial charge in [-0.1, -0.05) is 18.2 Å². The number of likely N-dealkylation sites (tertiary alicyclic amines) is 1. The van der Waals surface area contributed by atoms with Crippen LogP contribution in [0.4, 0.5) is 0 Å². The topological polar surface area (TPSA) is 53.0 Å². The molecule has 3 atom stereocenters. The van der Waals surface area contributed by atoms with Crippen LogP contribution in [-0.2, 0) is 16.0 Å². The van der Waals surface area contributed by atoms with Crippen molar-refractivity contribution in [3.8, 4) is 5.75 Å². The molecule has 0 spiro atoms. The largest absolute Gasteiger partial charge is 0.508 e. The Morgan fingerprint density at radius 2 is 1.96 bits per heavy atom. The van der Waals surface area contributed by atoms with Crippen molar-refractivity contribution in [1.29, 1.82) is 0 Å². The number of rotatable bonds is 5. The van der Waals surface area contributed by atoms with E-state index in [0.29, 0.717) is 18.9 Å². The van der Waals surface area contributed by atoms with E-state index in [1.807, 2.05) is 18.2 Å². The van der Waals surface area contributed by atoms with E-state index in [2.05, 4.69) is 23.6 Å². The van der Waals surface area contributed by atoms with Crippen molar-refractivity contribution in [3.63, 3.8) is 0 Å². The average Bonchev–Trinajstić information content (AvgIpc) is 3.01. The summed E-state index contributed by atoms with van der Waals surface area (Å²) >= 11 is 0. The zero-order valence-corrected chi connectivity index (χ0v) is 15.4. The highest BCUT2D eigenvalue weighted by atomic mass is 16.5. The molecule has 5 nitrogen and oxygen atoms in total. The molecule has 0 bridgehead atoms. The second-order valence-corrected chi connectivity index (χ2v) is 7.49. The summed E-state index contributed by atoms with van der Waals surface area (Å²) in [5, 5.41) is 9.86. The zero-order chi connectivity index (χ0) is 17.8. The summed E-state index contributed by atoms with van der Waals surface area (Å²) in [4.78, 5) is 17.2. The minimum Gasteiger partial charge on any atom is -0.508 e. The number of phenols is 1. The zero-order valence-electron chi connectivity index (χ0n) is 15.4. The quantitative estimate of drug-likeness (QED) is 0.890. The predicted octanol–water partition coefficient (Wildman–Crippen LogP) is 2.42. The maximum absolute atomic E-state index is 12.7. The van der Waals surface area contributed by atoms with E-state index in [1.54, 1.807) is 6.07 Å². The van der Waals surface area contributed by atoms with Gasteiger partial charge in [-0.3, -0.25) is 9.69 Å². The number of aromatic hydroxyl groups is 1. The average molecular weight is 346 g/mol. The standard InChI is InChI=1S/C20H30N2O3/c1-15-12-21(13-16(2)25-15)14-18-7-5-11-22(18)20(24)10-9-17-6-3-4-8-19(17)23/h3-4,6,8,15-16,18,23H,5,7,9-14H2,1-2H3/t15-,16-,18-/m1/s1. The molecule has 0 aliphatic carbocycles. The number of hydrogen-bond acceptors (Lipinski definition) is 4. The molecule has 138 valence electrons. The summed E-state index contributed by atoms with van der Waals surface area (Å²) in [7, 11) is 0. The number of nitrogens with zero attached hydrogens (tertiary/aromatic N) is 2. The SMILES string of the molecule is C[C@@H]1CN(C[C@H]2CCCN2C(=O)CCc2ccccc2O)C[C@@H](C)O1. The number of carbonyl (C=O) groups is 1. The number of benzene rings is 1. The lowest BCUT2D eigenvalue weighted by atomic mass is 10.1. The first-order valence-electron chi connectivity index (χ1n) is 9.47. The fraction of sp³-hybridized carbons (Fsp3) is 0.650. The Balaban J connectivity index is 1.54. The lowest BCUT2D eigenvalue weighted by Crippen LogP contribution is -2.50. The second kappa shape index (κ2) is 8.19. The number of aryl methyl sites for hydroxylation is 1. The van der Waals surface area contributed by atoms with E-state index in [1.165, 1.54) is 0 Å². The smallest absolute Gasteiger partial charge is 0.223 e. The Morgan fingerprint density at radius 3 is 2.68 bits per heavy atom. The number of amides is 1. The third-order valence-electron chi connectivity index (χ3n) is 5.26. The molecule has 1 amide bonds. The molecule has 0 radical (unpaired) electrons. The van der Waals surface area contributed by atoms with Crippen LogP contribution >= 0.6 is 0 Å². The molecule has 1 aromatic rings. The van der Waals surface area contributed by atoms with E-state index in [4.69, 9.17) is 4.74 Å². The molecule has 5 heteroatoms. The first-order chi connectivity index (χ1) is 12.0. The van der Waals surface area contributed by atoms with Crippen molar-refractivity contribution in [1.82, 2.24) is 9.80 Å². The van der Waals surface area contributed by atoms with Gasteiger partial charge in [0.15, 0.2) is 0 Å². The van der Waals surface area contributed by atoms with Gasteiger partial charge in [0.2, 0.25) is 5.91 Å². The number of phenolic OH excluding ortho intramolecular Hbond substituents is 1. The van der Waals surface area contributed by atoms with Crippen LogP contribution in [0.2, 0.25) is 0 Å². The fourth-order valence-corrected chi connectivity index (χ4v) is 4.19. The normalized spacial score (nSPS) is 27.6. The van der Waals surface area contributed by atoms with Crippen molar-refractivity contribution in [3.05, 3.63) is 29.8 Å². The Labute approximate surface area is 150 Å². The highest BCUT2D eigenvalue weighted by molar-refractivity contribution is 5.77. The summed E-state index contributed by atoms with van der Waals surface area (Å²) in [5.41, 5.74) is 0.849. The molecule has 1 N–H and O–H groups in total. The van der Waals surface area contributed by atoms with Crippen LogP contribution in [-0.4, -0.2) is 65.2 Å². The van der Waals surface area contributed by atoms with Gasteiger partial charge in [0, 0.05) is 38.6 Å². The van der Waals surface area contributed by atoms with Gasteiger partial charge in [-0.2, -0.15) is 0 Å². The summed E-state index contributed by atoms with van der Waals surface area (Å²) < 4.78 is 5.81. The van der Waals surface area contributed by atoms with Crippen LogP contribution in [0.3, 0.4) is 0 Å². The van der Waals surface area contributed by atoms with Gasteiger partial charge in [-0.25, -0.2) is 0 Å². The molecule has 2 fully saturated rings. The van der Waals surface area contributed by atoms with Gasteiger partial charge in [-0.05, 0) is 44.7 Å². The van der Waals surface area contributed by atoms with Crippen LogP contribution in [0, 0.1) is 0 Å². The molecular weight excluding hydrogens is 316 g/mol. The molecule has 0 saturated carbocycles. The molecule has 2 saturated heterocycles. The summed E-state index contributed by atoms with van der Waals surface area (Å²) in [6.07, 6.45) is 3.75. The van der Waals surface area contributed by atoms with Crippen LogP contribution in [0.15, 0.2) is 24.3 Å². The molecule has 0 unspecified atom stereocenters. The lowest BCUT2D eigenvalue weighted by Gasteiger charge is -2.38. The third kappa shape index (κ3) is 4.73. The highest BCUT2D eigenvalue weighted by Crippen LogP contribution is 2.23. The Morgan fingerprint density at radius 1 is 1.24 bits per heavy atom. The van der Waals surface area contributed by atoms with Crippen LogP contribution < -0.4 is 0 Å². The van der Waals surface area contributed by atoms with Crippen LogP contribution in [0.1, 0.15) is 38.7 Å². The molecule has 25 heavy (non-hydrogen) atoms. The van der Waals surface area contributed by atoms with Crippen LogP contribution in [0.25, 0.3) is 0 Å². The van der Waals surface area contributed by atoms with Crippen molar-refractivity contribution < 1.29 is 14.6 Å². The maximum Gasteiger partial charge on any atom is 0.223 e. The van der Waals surface area contributed by atoms with Gasteiger partial charge in [0.1, 0.15) is 5.75 Å². The Hall–Kier alpha value is -1.59. The molecule has 1 aromatic carbocycles. The van der Waals surface area contributed by atoms with Crippen molar-refractivity contribution in [2.24, 2.45) is 0 Å². The maximum atomic E-state index is 12.7. The summed E-state index contributed by atoms with van der Waals surface area (Å²) in [6.45, 7) is 7.93. The van der Waals surface area contributed by atoms with E-state index in [9.17, 15) is 9.90 Å². The van der Waals surface area contributed by atoms with E-state index < -0.39 is 0 Å². The number of ether oxygens (including phenoxy) is 1. The first kappa shape index (κ1) is 18.2. The van der Waals surface area contributed by atoms with Gasteiger partial charge in [0.25, 0.3) is 0 Å². The van der Waals surface area contributed by atoms with E-state index >= 15 is 0 Å². The third-order valence-corrected chi connectivity index (χ3v) is 5.26. The Kier molecular flexibility index (Phi) is 5.97. The number of hydrogen-bond donors (Lipinski definition) is 1. The second-order valence-electron chi connectivity index (χ2n) is 7.49. The minimum absolute atomic E-state index is 0.208. The van der Waals surface area contributed by atoms with Crippen molar-refractivity contribution in [2.75, 3.05) is 26.2 Å². The predicted molar refractivity (Wildman–Crippen MR) is 97.6 cm³/mol. The number of carbonyl (C=O) groups excluding carboxylic acids is 1. The van der Waals surface area contributed by atoms with E-state index in [0.717, 1.165) is 44.6 Å². The molecule has 0 aromatic heterocycles. The van der Waals surface area contributed by atoms with E-state index in [-0.39, 0.29) is 23.9 Å². The van der Waals surface area contributed by atoms with Gasteiger partial charge >= 0.3 is 0 Å². The number of para-hydroxylation sites is 1. The fourth-order valence-electron chi connectivity index (χ4n) is 4.19. The molecule has 2 heterocycles. The summed E-state index contributed by atoms with van der Waals surface area (Å²) in [6, 6.07) is 7.59. The Bertz CT molecular complexity index is 582. The molecule has 3 rings (SSSR count).